The molecule has 5 nitrogen and oxygen atoms in total. The van der Waals surface area contributed by atoms with Crippen molar-refractivity contribution in [1.82, 2.24) is 0 Å². The van der Waals surface area contributed by atoms with E-state index in [0.717, 1.165) is 0 Å². The zero-order chi connectivity index (χ0) is 11.4. The summed E-state index contributed by atoms with van der Waals surface area (Å²) in [5, 5.41) is 0. The molecule has 0 aliphatic carbocycles. The van der Waals surface area contributed by atoms with Gasteiger partial charge in [-0.2, -0.15) is 0 Å². The minimum atomic E-state index is -0.492. The highest BCUT2D eigenvalue weighted by atomic mass is 16.5. The second-order valence-corrected chi connectivity index (χ2v) is 3.06. The number of nitrogens with two attached hydrogens (primary N) is 1. The van der Waals surface area contributed by atoms with E-state index in [9.17, 15) is 4.79 Å². The van der Waals surface area contributed by atoms with Crippen molar-refractivity contribution in [3.63, 3.8) is 0 Å². The predicted octanol–water partition coefficient (Wildman–Crippen LogP) is 0.0278. The monoisotopic (exact) mass is 210 g/mol. The standard InChI is InChI=1S/C10H14N2O3/c1-6(10(13)15-3)7-4-9(14-2)12-5-8(7)11/h4,8H,1,5,11H2,2-3H3. The largest absolute Gasteiger partial charge is 0.481 e. The molecule has 1 aliphatic rings. The second kappa shape index (κ2) is 4.75. The van der Waals surface area contributed by atoms with Gasteiger partial charge in [0, 0.05) is 6.08 Å². The second-order valence-electron chi connectivity index (χ2n) is 3.06. The Morgan fingerprint density at radius 1 is 1.67 bits per heavy atom. The van der Waals surface area contributed by atoms with E-state index in [1.54, 1.807) is 6.08 Å². The zero-order valence-electron chi connectivity index (χ0n) is 8.82. The molecule has 5 heteroatoms. The first kappa shape index (κ1) is 11.5. The molecule has 0 spiro atoms. The fourth-order valence-corrected chi connectivity index (χ4v) is 1.25. The molecule has 0 fully saturated rings. The number of ether oxygens (including phenoxy) is 2. The van der Waals surface area contributed by atoms with Crippen LogP contribution in [0.5, 0.6) is 0 Å². The summed E-state index contributed by atoms with van der Waals surface area (Å²) in [5.74, 6) is -0.0502. The molecule has 1 atom stereocenters. The summed E-state index contributed by atoms with van der Waals surface area (Å²) in [6.45, 7) is 4.01. The van der Waals surface area contributed by atoms with Gasteiger partial charge in [0.15, 0.2) is 0 Å². The topological polar surface area (TPSA) is 73.9 Å². The van der Waals surface area contributed by atoms with E-state index in [1.165, 1.54) is 14.2 Å². The molecule has 0 bridgehead atoms. The van der Waals surface area contributed by atoms with Gasteiger partial charge in [0.1, 0.15) is 0 Å². The van der Waals surface area contributed by atoms with E-state index < -0.39 is 5.97 Å². The molecule has 1 heterocycles. The van der Waals surface area contributed by atoms with E-state index in [-0.39, 0.29) is 11.6 Å². The van der Waals surface area contributed by atoms with Gasteiger partial charge in [-0.15, -0.1) is 0 Å². The number of nitrogens with zero attached hydrogens (tertiary/aromatic N) is 1. The molecule has 1 unspecified atom stereocenters. The van der Waals surface area contributed by atoms with Crippen LogP contribution in [-0.4, -0.2) is 38.7 Å². The maximum Gasteiger partial charge on any atom is 0.337 e. The molecule has 0 saturated carbocycles. The fraction of sp³-hybridized carbons (Fsp3) is 0.400. The van der Waals surface area contributed by atoms with Crippen molar-refractivity contribution in [2.24, 2.45) is 10.7 Å². The Morgan fingerprint density at radius 2 is 2.33 bits per heavy atom. The van der Waals surface area contributed by atoms with E-state index in [2.05, 4.69) is 16.3 Å². The Kier molecular flexibility index (Phi) is 3.62. The molecule has 0 aromatic heterocycles. The molecule has 0 radical (unpaired) electrons. The molecule has 2 N–H and O–H groups in total. The summed E-state index contributed by atoms with van der Waals surface area (Å²) >= 11 is 0. The molecule has 82 valence electrons. The Morgan fingerprint density at radius 3 is 2.87 bits per heavy atom. The van der Waals surface area contributed by atoms with Crippen LogP contribution >= 0.6 is 0 Å². The predicted molar refractivity (Wildman–Crippen MR) is 56.5 cm³/mol. The normalized spacial score (nSPS) is 20.1. The van der Waals surface area contributed by atoms with E-state index in [0.29, 0.717) is 18.0 Å². The first-order valence-corrected chi connectivity index (χ1v) is 4.43. The van der Waals surface area contributed by atoms with E-state index in [4.69, 9.17) is 10.5 Å². The quantitative estimate of drug-likeness (QED) is 0.515. The van der Waals surface area contributed by atoms with Crippen molar-refractivity contribution in [2.75, 3.05) is 20.8 Å². The van der Waals surface area contributed by atoms with Crippen LogP contribution in [0, 0.1) is 0 Å². The lowest BCUT2D eigenvalue weighted by Crippen LogP contribution is -2.32. The first-order valence-electron chi connectivity index (χ1n) is 4.43. The number of hydrogen-bond donors (Lipinski definition) is 1. The SMILES string of the molecule is C=C(C(=O)OC)C1=CC(OC)=NCC1N. The average molecular weight is 210 g/mol. The maximum atomic E-state index is 11.3. The number of dihydropyridines is 1. The van der Waals surface area contributed by atoms with Gasteiger partial charge in [0.25, 0.3) is 0 Å². The van der Waals surface area contributed by atoms with Crippen LogP contribution in [0.4, 0.5) is 0 Å². The third-order valence-electron chi connectivity index (χ3n) is 2.11. The van der Waals surface area contributed by atoms with Gasteiger partial charge in [-0.25, -0.2) is 9.79 Å². The Bertz CT molecular complexity index is 345. The minimum Gasteiger partial charge on any atom is -0.481 e. The minimum absolute atomic E-state index is 0.245. The van der Waals surface area contributed by atoms with Gasteiger partial charge in [0.05, 0.1) is 32.4 Å². The summed E-state index contributed by atoms with van der Waals surface area (Å²) in [4.78, 5) is 15.3. The first-order chi connectivity index (χ1) is 7.10. The number of esters is 1. The van der Waals surface area contributed by atoms with Crippen LogP contribution in [0.15, 0.2) is 28.8 Å². The summed E-state index contributed by atoms with van der Waals surface area (Å²) in [5.41, 5.74) is 6.64. The Labute approximate surface area is 88.3 Å². The van der Waals surface area contributed by atoms with Crippen LogP contribution in [0.3, 0.4) is 0 Å². The Balaban J connectivity index is 2.92. The van der Waals surface area contributed by atoms with E-state index in [1.807, 2.05) is 0 Å². The van der Waals surface area contributed by atoms with Crippen molar-refractivity contribution in [2.45, 2.75) is 6.04 Å². The summed E-state index contributed by atoms with van der Waals surface area (Å²) in [6, 6.07) is -0.338. The van der Waals surface area contributed by atoms with Crippen molar-refractivity contribution >= 4 is 11.9 Å². The highest BCUT2D eigenvalue weighted by Gasteiger charge is 2.22. The van der Waals surface area contributed by atoms with Crippen LogP contribution in [0.1, 0.15) is 0 Å². The molecular formula is C10H14N2O3. The van der Waals surface area contributed by atoms with Gasteiger partial charge < -0.3 is 15.2 Å². The van der Waals surface area contributed by atoms with Gasteiger partial charge in [-0.3, -0.25) is 0 Å². The van der Waals surface area contributed by atoms with Crippen LogP contribution in [0.25, 0.3) is 0 Å². The lowest BCUT2D eigenvalue weighted by molar-refractivity contribution is -0.135. The highest BCUT2D eigenvalue weighted by molar-refractivity contribution is 5.98. The lowest BCUT2D eigenvalue weighted by atomic mass is 9.98. The van der Waals surface area contributed by atoms with Gasteiger partial charge in [-0.05, 0) is 5.57 Å². The Hall–Kier alpha value is -1.62. The fourth-order valence-electron chi connectivity index (χ4n) is 1.25. The summed E-state index contributed by atoms with van der Waals surface area (Å²) in [6.07, 6.45) is 1.60. The van der Waals surface area contributed by atoms with Gasteiger partial charge >= 0.3 is 5.97 Å². The number of rotatable bonds is 2. The number of hydrogen-bond acceptors (Lipinski definition) is 5. The lowest BCUT2D eigenvalue weighted by Gasteiger charge is -2.19. The highest BCUT2D eigenvalue weighted by Crippen LogP contribution is 2.17. The number of carbonyl (C=O) groups excluding carboxylic acids is 1. The molecule has 0 aromatic rings. The summed E-state index contributed by atoms with van der Waals surface area (Å²) < 4.78 is 9.52. The molecule has 1 aliphatic heterocycles. The maximum absolute atomic E-state index is 11.3. The smallest absolute Gasteiger partial charge is 0.337 e. The number of aliphatic imine (C=N–C) groups is 1. The zero-order valence-corrected chi connectivity index (χ0v) is 8.82. The molecule has 1 rings (SSSR count). The van der Waals surface area contributed by atoms with Crippen molar-refractivity contribution in [3.8, 4) is 0 Å². The van der Waals surface area contributed by atoms with Crippen molar-refractivity contribution in [3.05, 3.63) is 23.8 Å². The van der Waals surface area contributed by atoms with Crippen LogP contribution in [0.2, 0.25) is 0 Å². The molecule has 0 saturated heterocycles. The third-order valence-corrected chi connectivity index (χ3v) is 2.11. The van der Waals surface area contributed by atoms with Crippen LogP contribution < -0.4 is 5.73 Å². The molecule has 0 aromatic carbocycles. The average Bonchev–Trinajstić information content (AvgIpc) is 2.27. The molecular weight excluding hydrogens is 196 g/mol. The molecule has 0 amide bonds. The van der Waals surface area contributed by atoms with Crippen molar-refractivity contribution < 1.29 is 14.3 Å². The number of carbonyl (C=O) groups is 1. The van der Waals surface area contributed by atoms with Crippen molar-refractivity contribution in [1.29, 1.82) is 0 Å². The molecule has 15 heavy (non-hydrogen) atoms. The van der Waals surface area contributed by atoms with Gasteiger partial charge in [-0.1, -0.05) is 6.58 Å². The van der Waals surface area contributed by atoms with Crippen LogP contribution in [-0.2, 0) is 14.3 Å². The number of methoxy groups -OCH3 is 2. The van der Waals surface area contributed by atoms with E-state index >= 15 is 0 Å². The third kappa shape index (κ3) is 2.44. The van der Waals surface area contributed by atoms with Gasteiger partial charge in [0.2, 0.25) is 5.90 Å². The summed E-state index contributed by atoms with van der Waals surface area (Å²) in [7, 11) is 2.80.